The summed E-state index contributed by atoms with van der Waals surface area (Å²) in [5, 5.41) is 3.26. The molecule has 0 radical (unpaired) electrons. The number of halogens is 2. The van der Waals surface area contributed by atoms with Crippen LogP contribution < -0.4 is 10.1 Å². The molecule has 3 nitrogen and oxygen atoms in total. The van der Waals surface area contributed by atoms with Crippen LogP contribution in [0.4, 0.5) is 4.39 Å². The van der Waals surface area contributed by atoms with Crippen molar-refractivity contribution in [3.63, 3.8) is 0 Å². The van der Waals surface area contributed by atoms with Gasteiger partial charge >= 0.3 is 0 Å². The molecule has 0 amide bonds. The van der Waals surface area contributed by atoms with Crippen molar-refractivity contribution >= 4 is 15.9 Å². The van der Waals surface area contributed by atoms with Crippen LogP contribution in [0.1, 0.15) is 12.8 Å². The van der Waals surface area contributed by atoms with Crippen LogP contribution >= 0.6 is 15.9 Å². The number of hydrogen-bond acceptors (Lipinski definition) is 3. The Labute approximate surface area is 116 Å². The van der Waals surface area contributed by atoms with E-state index in [-0.39, 0.29) is 5.82 Å². The smallest absolute Gasteiger partial charge is 0.128 e. The van der Waals surface area contributed by atoms with E-state index in [4.69, 9.17) is 9.47 Å². The second kappa shape index (κ2) is 9.30. The lowest BCUT2D eigenvalue weighted by Gasteiger charge is -2.07. The number of ether oxygens (including phenoxy) is 2. The topological polar surface area (TPSA) is 30.5 Å². The molecule has 0 aliphatic rings. The number of unbranched alkanes of at least 4 members (excludes halogenated alkanes) is 1. The largest absolute Gasteiger partial charge is 0.493 e. The minimum absolute atomic E-state index is 0.291. The molecule has 0 spiro atoms. The predicted molar refractivity (Wildman–Crippen MR) is 73.6 cm³/mol. The van der Waals surface area contributed by atoms with Gasteiger partial charge < -0.3 is 14.8 Å². The van der Waals surface area contributed by atoms with Crippen molar-refractivity contribution in [2.45, 2.75) is 12.8 Å². The summed E-state index contributed by atoms with van der Waals surface area (Å²) in [7, 11) is 1.69. The maximum absolute atomic E-state index is 13.0. The molecule has 0 atom stereocenters. The SMILES string of the molecule is COCCNCCCCOc1cc(F)cc(Br)c1. The molecule has 0 aliphatic carbocycles. The number of rotatable bonds is 9. The Morgan fingerprint density at radius 1 is 1.17 bits per heavy atom. The van der Waals surface area contributed by atoms with Gasteiger partial charge in [0.05, 0.1) is 13.2 Å². The first-order valence-electron chi connectivity index (χ1n) is 6.01. The van der Waals surface area contributed by atoms with Gasteiger partial charge in [-0.1, -0.05) is 15.9 Å². The molecule has 1 N–H and O–H groups in total. The van der Waals surface area contributed by atoms with Crippen LogP contribution in [0.2, 0.25) is 0 Å². The quantitative estimate of drug-likeness (QED) is 0.710. The summed E-state index contributed by atoms with van der Waals surface area (Å²) in [4.78, 5) is 0. The molecule has 1 rings (SSSR count). The first-order valence-corrected chi connectivity index (χ1v) is 6.80. The Bertz CT molecular complexity index is 330. The van der Waals surface area contributed by atoms with Gasteiger partial charge in [-0.3, -0.25) is 0 Å². The average molecular weight is 320 g/mol. The summed E-state index contributed by atoms with van der Waals surface area (Å²) in [6.07, 6.45) is 1.97. The Balaban J connectivity index is 2.07. The minimum Gasteiger partial charge on any atom is -0.493 e. The zero-order chi connectivity index (χ0) is 13.2. The average Bonchev–Trinajstić information content (AvgIpc) is 2.31. The third-order valence-electron chi connectivity index (χ3n) is 2.34. The highest BCUT2D eigenvalue weighted by Crippen LogP contribution is 2.20. The lowest BCUT2D eigenvalue weighted by molar-refractivity contribution is 0.199. The number of methoxy groups -OCH3 is 1. The fraction of sp³-hybridized carbons (Fsp3) is 0.538. The second-order valence-electron chi connectivity index (χ2n) is 3.90. The molecule has 0 bridgehead atoms. The maximum Gasteiger partial charge on any atom is 0.128 e. The third kappa shape index (κ3) is 6.93. The highest BCUT2D eigenvalue weighted by molar-refractivity contribution is 9.10. The zero-order valence-electron chi connectivity index (χ0n) is 10.5. The molecule has 0 saturated heterocycles. The van der Waals surface area contributed by atoms with Crippen molar-refractivity contribution in [2.75, 3.05) is 33.4 Å². The lowest BCUT2D eigenvalue weighted by Crippen LogP contribution is -2.20. The van der Waals surface area contributed by atoms with Gasteiger partial charge in [0.1, 0.15) is 11.6 Å². The normalized spacial score (nSPS) is 10.6. The summed E-state index contributed by atoms with van der Waals surface area (Å²) in [6, 6.07) is 4.56. The molecule has 0 aromatic heterocycles. The van der Waals surface area contributed by atoms with E-state index in [0.29, 0.717) is 16.8 Å². The number of benzene rings is 1. The molecule has 0 fully saturated rings. The molecule has 0 heterocycles. The molecule has 5 heteroatoms. The highest BCUT2D eigenvalue weighted by atomic mass is 79.9. The van der Waals surface area contributed by atoms with Crippen molar-refractivity contribution in [1.29, 1.82) is 0 Å². The van der Waals surface area contributed by atoms with Gasteiger partial charge in [-0.2, -0.15) is 0 Å². The van der Waals surface area contributed by atoms with E-state index in [1.54, 1.807) is 13.2 Å². The fourth-order valence-electron chi connectivity index (χ4n) is 1.45. The standard InChI is InChI=1S/C13H19BrFNO2/c1-17-7-5-16-4-2-3-6-18-13-9-11(14)8-12(15)10-13/h8-10,16H,2-7H2,1H3. The van der Waals surface area contributed by atoms with Crippen LogP contribution in [0, 0.1) is 5.82 Å². The van der Waals surface area contributed by atoms with Gasteiger partial charge in [0.15, 0.2) is 0 Å². The summed E-state index contributed by atoms with van der Waals surface area (Å²) in [5.74, 6) is 0.273. The van der Waals surface area contributed by atoms with E-state index in [1.807, 2.05) is 0 Å². The second-order valence-corrected chi connectivity index (χ2v) is 4.82. The predicted octanol–water partition coefficient (Wildman–Crippen LogP) is 2.98. The molecule has 0 aliphatic heterocycles. The van der Waals surface area contributed by atoms with Gasteiger partial charge in [0, 0.05) is 24.2 Å². The highest BCUT2D eigenvalue weighted by Gasteiger charge is 1.99. The van der Waals surface area contributed by atoms with Crippen LogP contribution in [0.5, 0.6) is 5.75 Å². The first kappa shape index (κ1) is 15.4. The van der Waals surface area contributed by atoms with Gasteiger partial charge in [-0.15, -0.1) is 0 Å². The third-order valence-corrected chi connectivity index (χ3v) is 2.79. The molecule has 1 aromatic rings. The Morgan fingerprint density at radius 2 is 2.00 bits per heavy atom. The van der Waals surface area contributed by atoms with Crippen LogP contribution in [-0.4, -0.2) is 33.4 Å². The molecule has 0 saturated carbocycles. The van der Waals surface area contributed by atoms with Crippen LogP contribution in [0.25, 0.3) is 0 Å². The van der Waals surface area contributed by atoms with E-state index < -0.39 is 0 Å². The van der Waals surface area contributed by atoms with Crippen molar-refractivity contribution in [2.24, 2.45) is 0 Å². The summed E-state index contributed by atoms with van der Waals surface area (Å²) in [6.45, 7) is 3.14. The molecule has 1 aromatic carbocycles. The Morgan fingerprint density at radius 3 is 2.72 bits per heavy atom. The van der Waals surface area contributed by atoms with Crippen LogP contribution in [-0.2, 0) is 4.74 Å². The van der Waals surface area contributed by atoms with Gasteiger partial charge in [0.25, 0.3) is 0 Å². The molecular weight excluding hydrogens is 301 g/mol. The van der Waals surface area contributed by atoms with Gasteiger partial charge in [-0.25, -0.2) is 4.39 Å². The van der Waals surface area contributed by atoms with E-state index >= 15 is 0 Å². The van der Waals surface area contributed by atoms with E-state index in [0.717, 1.165) is 32.5 Å². The maximum atomic E-state index is 13.0. The first-order chi connectivity index (χ1) is 8.72. The Hall–Kier alpha value is -0.650. The summed E-state index contributed by atoms with van der Waals surface area (Å²) >= 11 is 3.23. The van der Waals surface area contributed by atoms with Crippen molar-refractivity contribution in [3.8, 4) is 5.75 Å². The van der Waals surface area contributed by atoms with E-state index in [1.165, 1.54) is 12.1 Å². The zero-order valence-corrected chi connectivity index (χ0v) is 12.1. The van der Waals surface area contributed by atoms with Crippen molar-refractivity contribution < 1.29 is 13.9 Å². The fourth-order valence-corrected chi connectivity index (χ4v) is 1.90. The van der Waals surface area contributed by atoms with Gasteiger partial charge in [0.2, 0.25) is 0 Å². The summed E-state index contributed by atoms with van der Waals surface area (Å²) in [5.41, 5.74) is 0. The van der Waals surface area contributed by atoms with Gasteiger partial charge in [-0.05, 0) is 31.5 Å². The molecular formula is C13H19BrFNO2. The van der Waals surface area contributed by atoms with Crippen molar-refractivity contribution in [1.82, 2.24) is 5.32 Å². The monoisotopic (exact) mass is 319 g/mol. The summed E-state index contributed by atoms with van der Waals surface area (Å²) < 4.78 is 24.1. The minimum atomic E-state index is -0.291. The van der Waals surface area contributed by atoms with Crippen LogP contribution in [0.3, 0.4) is 0 Å². The molecule has 0 unspecified atom stereocenters. The molecule has 102 valence electrons. The van der Waals surface area contributed by atoms with Crippen LogP contribution in [0.15, 0.2) is 22.7 Å². The number of nitrogens with one attached hydrogen (secondary N) is 1. The number of hydrogen-bond donors (Lipinski definition) is 1. The lowest BCUT2D eigenvalue weighted by atomic mass is 10.3. The van der Waals surface area contributed by atoms with E-state index in [2.05, 4.69) is 21.2 Å². The van der Waals surface area contributed by atoms with E-state index in [9.17, 15) is 4.39 Å². The molecule has 18 heavy (non-hydrogen) atoms. The Kier molecular flexibility index (Phi) is 7.96. The van der Waals surface area contributed by atoms with Crippen molar-refractivity contribution in [3.05, 3.63) is 28.5 Å².